The number of aliphatic carboxylic acids is 1. The third kappa shape index (κ3) is 5.72. The van der Waals surface area contributed by atoms with Crippen molar-refractivity contribution in [2.45, 2.75) is 12.8 Å². The number of carboxylic acid groups (broad SMARTS) is 1. The first-order chi connectivity index (χ1) is 14.2. The van der Waals surface area contributed by atoms with Gasteiger partial charge in [0, 0.05) is 0 Å². The zero-order chi connectivity index (χ0) is 20.5. The van der Waals surface area contributed by atoms with E-state index in [4.69, 9.17) is 9.47 Å². The SMILES string of the molecule is COc1cc(/C=C(/C(=O)O)c2ccccc2)ccc1OCCCc1ccccc1. The zero-order valence-corrected chi connectivity index (χ0v) is 16.4. The molecule has 0 atom stereocenters. The second-order valence-corrected chi connectivity index (χ2v) is 6.58. The molecule has 3 rings (SSSR count). The summed E-state index contributed by atoms with van der Waals surface area (Å²) < 4.78 is 11.3. The number of hydrogen-bond donors (Lipinski definition) is 1. The third-order valence-corrected chi connectivity index (χ3v) is 4.52. The van der Waals surface area contributed by atoms with Gasteiger partial charge in [-0.25, -0.2) is 4.79 Å². The van der Waals surface area contributed by atoms with Gasteiger partial charge in [-0.3, -0.25) is 0 Å². The van der Waals surface area contributed by atoms with Crippen LogP contribution in [0.4, 0.5) is 0 Å². The Morgan fingerprint density at radius 2 is 1.62 bits per heavy atom. The van der Waals surface area contributed by atoms with Crippen LogP contribution >= 0.6 is 0 Å². The predicted molar refractivity (Wildman–Crippen MR) is 115 cm³/mol. The van der Waals surface area contributed by atoms with Gasteiger partial charge in [0.25, 0.3) is 0 Å². The average Bonchev–Trinajstić information content (AvgIpc) is 2.76. The lowest BCUT2D eigenvalue weighted by Gasteiger charge is -2.12. The topological polar surface area (TPSA) is 55.8 Å². The number of rotatable bonds is 9. The molecule has 0 amide bonds. The molecule has 0 aliphatic rings. The Hall–Kier alpha value is -3.53. The van der Waals surface area contributed by atoms with Crippen LogP contribution in [0.1, 0.15) is 23.1 Å². The van der Waals surface area contributed by atoms with Gasteiger partial charge in [-0.15, -0.1) is 0 Å². The van der Waals surface area contributed by atoms with Crippen molar-refractivity contribution in [3.05, 3.63) is 95.6 Å². The summed E-state index contributed by atoms with van der Waals surface area (Å²) in [4.78, 5) is 11.7. The van der Waals surface area contributed by atoms with E-state index >= 15 is 0 Å². The molecule has 29 heavy (non-hydrogen) atoms. The highest BCUT2D eigenvalue weighted by Crippen LogP contribution is 2.30. The quantitative estimate of drug-likeness (QED) is 0.306. The van der Waals surface area contributed by atoms with Gasteiger partial charge in [-0.2, -0.15) is 0 Å². The van der Waals surface area contributed by atoms with Gasteiger partial charge in [0.15, 0.2) is 11.5 Å². The van der Waals surface area contributed by atoms with Crippen LogP contribution in [0.3, 0.4) is 0 Å². The maximum absolute atomic E-state index is 11.7. The van der Waals surface area contributed by atoms with Crippen molar-refractivity contribution < 1.29 is 19.4 Å². The molecular formula is C25H24O4. The summed E-state index contributed by atoms with van der Waals surface area (Å²) in [6, 6.07) is 24.8. The molecule has 0 aliphatic carbocycles. The highest BCUT2D eigenvalue weighted by molar-refractivity contribution is 6.20. The molecular weight excluding hydrogens is 364 g/mol. The minimum Gasteiger partial charge on any atom is -0.493 e. The van der Waals surface area contributed by atoms with E-state index in [1.54, 1.807) is 31.4 Å². The average molecular weight is 388 g/mol. The minimum absolute atomic E-state index is 0.226. The molecule has 0 saturated carbocycles. The molecule has 0 aromatic heterocycles. The molecule has 0 spiro atoms. The van der Waals surface area contributed by atoms with E-state index in [0.717, 1.165) is 18.4 Å². The van der Waals surface area contributed by atoms with Crippen LogP contribution in [0.5, 0.6) is 11.5 Å². The summed E-state index contributed by atoms with van der Waals surface area (Å²) in [6.07, 6.45) is 3.48. The molecule has 1 N–H and O–H groups in total. The lowest BCUT2D eigenvalue weighted by molar-refractivity contribution is -0.130. The molecule has 0 unspecified atom stereocenters. The first kappa shape index (κ1) is 20.2. The summed E-state index contributed by atoms with van der Waals surface area (Å²) in [6.45, 7) is 0.574. The van der Waals surface area contributed by atoms with Gasteiger partial charge in [0.05, 0.1) is 19.3 Å². The Bertz CT molecular complexity index is 963. The number of carboxylic acids is 1. The van der Waals surface area contributed by atoms with Crippen LogP contribution in [0.25, 0.3) is 11.6 Å². The fraction of sp³-hybridized carbons (Fsp3) is 0.160. The van der Waals surface area contributed by atoms with Crippen molar-refractivity contribution in [3.63, 3.8) is 0 Å². The lowest BCUT2D eigenvalue weighted by atomic mass is 10.0. The largest absolute Gasteiger partial charge is 0.493 e. The van der Waals surface area contributed by atoms with E-state index in [1.165, 1.54) is 5.56 Å². The second-order valence-electron chi connectivity index (χ2n) is 6.58. The van der Waals surface area contributed by atoms with Gasteiger partial charge in [-0.1, -0.05) is 66.7 Å². The molecule has 0 radical (unpaired) electrons. The molecule has 0 heterocycles. The van der Waals surface area contributed by atoms with E-state index in [2.05, 4.69) is 12.1 Å². The maximum Gasteiger partial charge on any atom is 0.336 e. The molecule has 3 aromatic carbocycles. The molecule has 4 heteroatoms. The standard InChI is InChI=1S/C25H24O4/c1-28-24-18-20(17-22(25(26)27)21-12-6-3-7-13-21)14-15-23(24)29-16-8-11-19-9-4-2-5-10-19/h2-7,9-10,12-15,17-18H,8,11,16H2,1H3,(H,26,27)/b22-17+. The van der Waals surface area contributed by atoms with E-state index in [1.807, 2.05) is 48.5 Å². The van der Waals surface area contributed by atoms with E-state index in [0.29, 0.717) is 23.7 Å². The molecule has 0 bridgehead atoms. The third-order valence-electron chi connectivity index (χ3n) is 4.52. The number of carbonyl (C=O) groups is 1. The van der Waals surface area contributed by atoms with Crippen LogP contribution in [-0.4, -0.2) is 24.8 Å². The summed E-state index contributed by atoms with van der Waals surface area (Å²) in [5.74, 6) is 0.252. The van der Waals surface area contributed by atoms with Crippen LogP contribution in [-0.2, 0) is 11.2 Å². The smallest absolute Gasteiger partial charge is 0.336 e. The second kappa shape index (κ2) is 10.1. The fourth-order valence-corrected chi connectivity index (χ4v) is 3.05. The Balaban J connectivity index is 1.70. The molecule has 3 aromatic rings. The first-order valence-electron chi connectivity index (χ1n) is 9.52. The van der Waals surface area contributed by atoms with Crippen molar-refractivity contribution in [1.82, 2.24) is 0 Å². The fourth-order valence-electron chi connectivity index (χ4n) is 3.05. The predicted octanol–water partition coefficient (Wildman–Crippen LogP) is 5.33. The van der Waals surface area contributed by atoms with Crippen LogP contribution in [0.15, 0.2) is 78.9 Å². The van der Waals surface area contributed by atoms with Crippen molar-refractivity contribution in [1.29, 1.82) is 0 Å². The van der Waals surface area contributed by atoms with Crippen molar-refractivity contribution in [3.8, 4) is 11.5 Å². The van der Waals surface area contributed by atoms with Crippen molar-refractivity contribution in [2.75, 3.05) is 13.7 Å². The van der Waals surface area contributed by atoms with Gasteiger partial charge < -0.3 is 14.6 Å². The van der Waals surface area contributed by atoms with E-state index in [-0.39, 0.29) is 5.57 Å². The van der Waals surface area contributed by atoms with E-state index in [9.17, 15) is 9.90 Å². The Kier molecular flexibility index (Phi) is 7.06. The number of benzene rings is 3. The summed E-state index contributed by atoms with van der Waals surface area (Å²) >= 11 is 0. The molecule has 0 saturated heterocycles. The van der Waals surface area contributed by atoms with Crippen molar-refractivity contribution in [2.24, 2.45) is 0 Å². The minimum atomic E-state index is -0.976. The Morgan fingerprint density at radius 1 is 0.931 bits per heavy atom. The lowest BCUT2D eigenvalue weighted by Crippen LogP contribution is -2.02. The number of hydrogen-bond acceptors (Lipinski definition) is 3. The molecule has 148 valence electrons. The molecule has 0 fully saturated rings. The Labute approximate surface area is 171 Å². The van der Waals surface area contributed by atoms with Crippen molar-refractivity contribution >= 4 is 17.6 Å². The number of ether oxygens (including phenoxy) is 2. The highest BCUT2D eigenvalue weighted by atomic mass is 16.5. The van der Waals surface area contributed by atoms with Gasteiger partial charge >= 0.3 is 5.97 Å². The number of aryl methyl sites for hydroxylation is 1. The molecule has 0 aliphatic heterocycles. The van der Waals surface area contributed by atoms with Crippen LogP contribution in [0.2, 0.25) is 0 Å². The number of methoxy groups -OCH3 is 1. The van der Waals surface area contributed by atoms with E-state index < -0.39 is 5.97 Å². The molecule has 4 nitrogen and oxygen atoms in total. The van der Waals surface area contributed by atoms with Gasteiger partial charge in [-0.05, 0) is 47.7 Å². The van der Waals surface area contributed by atoms with Crippen LogP contribution in [0, 0.1) is 0 Å². The monoisotopic (exact) mass is 388 g/mol. The maximum atomic E-state index is 11.7. The van der Waals surface area contributed by atoms with Gasteiger partial charge in [0.2, 0.25) is 0 Å². The van der Waals surface area contributed by atoms with Gasteiger partial charge in [0.1, 0.15) is 0 Å². The normalized spacial score (nSPS) is 11.1. The summed E-state index contributed by atoms with van der Waals surface area (Å²) in [5.41, 5.74) is 2.90. The highest BCUT2D eigenvalue weighted by Gasteiger charge is 2.11. The first-order valence-corrected chi connectivity index (χ1v) is 9.52. The Morgan fingerprint density at radius 3 is 2.28 bits per heavy atom. The summed E-state index contributed by atoms with van der Waals surface area (Å²) in [5, 5.41) is 9.58. The van der Waals surface area contributed by atoms with Crippen LogP contribution < -0.4 is 9.47 Å². The zero-order valence-electron chi connectivity index (χ0n) is 16.4. The summed E-state index contributed by atoms with van der Waals surface area (Å²) in [7, 11) is 1.58.